The molecule has 5 heteroatoms. The Labute approximate surface area is 124 Å². The van der Waals surface area contributed by atoms with E-state index in [0.29, 0.717) is 24.3 Å². The molecule has 1 amide bonds. The molecule has 0 aliphatic carbocycles. The minimum atomic E-state index is -0.0272. The highest BCUT2D eigenvalue weighted by Gasteiger charge is 2.14. The normalized spacial score (nSPS) is 11.6. The number of halogens is 1. The summed E-state index contributed by atoms with van der Waals surface area (Å²) in [5.41, 5.74) is 0.674. The highest BCUT2D eigenvalue weighted by molar-refractivity contribution is 9.10. The number of hydrogen-bond donors (Lipinski definition) is 1. The Morgan fingerprint density at radius 3 is 2.37 bits per heavy atom. The summed E-state index contributed by atoms with van der Waals surface area (Å²) in [5, 5.41) is 2.97. The molecule has 0 fully saturated rings. The molecule has 1 rings (SSSR count). The van der Waals surface area contributed by atoms with Gasteiger partial charge in [-0.3, -0.25) is 9.69 Å². The second kappa shape index (κ2) is 7.10. The zero-order chi connectivity index (χ0) is 14.6. The van der Waals surface area contributed by atoms with E-state index in [9.17, 15) is 4.79 Å². The second-order valence-corrected chi connectivity index (χ2v) is 6.25. The van der Waals surface area contributed by atoms with Crippen LogP contribution in [-0.2, 0) is 7.05 Å². The molecule has 4 nitrogen and oxygen atoms in total. The number of carbonyl (C=O) groups excluding carboxylic acids is 1. The minimum absolute atomic E-state index is 0.0272. The number of carbonyl (C=O) groups is 1. The number of aryl methyl sites for hydroxylation is 1. The Bertz CT molecular complexity index is 418. The van der Waals surface area contributed by atoms with E-state index in [0.717, 1.165) is 11.0 Å². The first-order valence-electron chi connectivity index (χ1n) is 6.68. The van der Waals surface area contributed by atoms with Crippen molar-refractivity contribution in [2.24, 2.45) is 7.05 Å². The molecule has 0 atom stereocenters. The lowest BCUT2D eigenvalue weighted by atomic mass is 10.2. The van der Waals surface area contributed by atoms with Crippen molar-refractivity contribution < 1.29 is 4.79 Å². The zero-order valence-electron chi connectivity index (χ0n) is 12.4. The number of amides is 1. The van der Waals surface area contributed by atoms with E-state index in [1.165, 1.54) is 0 Å². The van der Waals surface area contributed by atoms with Crippen LogP contribution in [0.5, 0.6) is 0 Å². The third-order valence-electron chi connectivity index (χ3n) is 3.19. The summed E-state index contributed by atoms with van der Waals surface area (Å²) in [6, 6.07) is 2.81. The molecular formula is C14H24BrN3O. The standard InChI is InChI=1S/C14H24BrN3O/c1-10(2)18(11(3)4)7-6-16-14(19)13-8-12(15)9-17(13)5/h8-11H,6-7H2,1-5H3,(H,16,19). The second-order valence-electron chi connectivity index (χ2n) is 5.34. The highest BCUT2D eigenvalue weighted by Crippen LogP contribution is 2.13. The van der Waals surface area contributed by atoms with Crippen molar-refractivity contribution in [1.82, 2.24) is 14.8 Å². The third-order valence-corrected chi connectivity index (χ3v) is 3.62. The van der Waals surface area contributed by atoms with Crippen LogP contribution in [0.15, 0.2) is 16.7 Å². The maximum atomic E-state index is 12.0. The van der Waals surface area contributed by atoms with Gasteiger partial charge in [-0.1, -0.05) is 0 Å². The number of aromatic nitrogens is 1. The number of nitrogens with zero attached hydrogens (tertiary/aromatic N) is 2. The fourth-order valence-electron chi connectivity index (χ4n) is 2.25. The van der Waals surface area contributed by atoms with Crippen molar-refractivity contribution in [1.29, 1.82) is 0 Å². The van der Waals surface area contributed by atoms with Gasteiger partial charge in [0.2, 0.25) is 0 Å². The maximum Gasteiger partial charge on any atom is 0.267 e. The molecule has 0 saturated carbocycles. The molecule has 19 heavy (non-hydrogen) atoms. The molecule has 108 valence electrons. The molecule has 0 aromatic carbocycles. The summed E-state index contributed by atoms with van der Waals surface area (Å²) in [4.78, 5) is 14.4. The van der Waals surface area contributed by atoms with Crippen molar-refractivity contribution in [3.63, 3.8) is 0 Å². The van der Waals surface area contributed by atoms with Crippen LogP contribution < -0.4 is 5.32 Å². The maximum absolute atomic E-state index is 12.0. The van der Waals surface area contributed by atoms with Crippen LogP contribution in [0.1, 0.15) is 38.2 Å². The van der Waals surface area contributed by atoms with Crippen molar-refractivity contribution >= 4 is 21.8 Å². The number of hydrogen-bond acceptors (Lipinski definition) is 2. The molecule has 0 bridgehead atoms. The average Bonchev–Trinajstić information content (AvgIpc) is 2.62. The molecule has 1 aromatic rings. The lowest BCUT2D eigenvalue weighted by Crippen LogP contribution is -2.42. The van der Waals surface area contributed by atoms with Gasteiger partial charge in [-0.05, 0) is 49.7 Å². The van der Waals surface area contributed by atoms with Gasteiger partial charge in [-0.2, -0.15) is 0 Å². The fraction of sp³-hybridized carbons (Fsp3) is 0.643. The number of rotatable bonds is 6. The monoisotopic (exact) mass is 329 g/mol. The molecule has 0 aliphatic rings. The van der Waals surface area contributed by atoms with Crippen molar-refractivity contribution in [3.8, 4) is 0 Å². The molecule has 0 aliphatic heterocycles. The average molecular weight is 330 g/mol. The van der Waals surface area contributed by atoms with Crippen molar-refractivity contribution in [2.75, 3.05) is 13.1 Å². The predicted octanol–water partition coefficient (Wildman–Crippen LogP) is 2.64. The summed E-state index contributed by atoms with van der Waals surface area (Å²) in [6.07, 6.45) is 1.88. The van der Waals surface area contributed by atoms with E-state index in [1.807, 2.05) is 23.9 Å². The van der Waals surface area contributed by atoms with Gasteiger partial charge in [0.1, 0.15) is 5.69 Å². The predicted molar refractivity (Wildman–Crippen MR) is 82.4 cm³/mol. The molecule has 0 spiro atoms. The SMILES string of the molecule is CC(C)N(CCNC(=O)c1cc(Br)cn1C)C(C)C. The van der Waals surface area contributed by atoms with Gasteiger partial charge in [-0.15, -0.1) is 0 Å². The van der Waals surface area contributed by atoms with Gasteiger partial charge < -0.3 is 9.88 Å². The van der Waals surface area contributed by atoms with Gasteiger partial charge in [0, 0.05) is 42.9 Å². The molecule has 1 heterocycles. The van der Waals surface area contributed by atoms with Crippen molar-refractivity contribution in [3.05, 3.63) is 22.4 Å². The third kappa shape index (κ3) is 4.66. The van der Waals surface area contributed by atoms with Gasteiger partial charge in [0.25, 0.3) is 5.91 Å². The molecular weight excluding hydrogens is 306 g/mol. The molecule has 1 N–H and O–H groups in total. The Balaban J connectivity index is 2.49. The van der Waals surface area contributed by atoms with Crippen molar-refractivity contribution in [2.45, 2.75) is 39.8 Å². The first-order valence-corrected chi connectivity index (χ1v) is 7.48. The lowest BCUT2D eigenvalue weighted by Gasteiger charge is -2.30. The van der Waals surface area contributed by atoms with E-state index >= 15 is 0 Å². The summed E-state index contributed by atoms with van der Waals surface area (Å²) in [5.74, 6) is -0.0272. The Hall–Kier alpha value is -0.810. The summed E-state index contributed by atoms with van der Waals surface area (Å²) in [6.45, 7) is 10.2. The highest BCUT2D eigenvalue weighted by atomic mass is 79.9. The Morgan fingerprint density at radius 2 is 1.95 bits per heavy atom. The van der Waals surface area contributed by atoms with Gasteiger partial charge in [-0.25, -0.2) is 0 Å². The number of nitrogens with one attached hydrogen (secondary N) is 1. The Morgan fingerprint density at radius 1 is 1.37 bits per heavy atom. The molecule has 0 unspecified atom stereocenters. The molecule has 1 aromatic heterocycles. The van der Waals surface area contributed by atoms with Gasteiger partial charge >= 0.3 is 0 Å². The summed E-state index contributed by atoms with van der Waals surface area (Å²) in [7, 11) is 1.87. The van der Waals surface area contributed by atoms with Gasteiger partial charge in [0.15, 0.2) is 0 Å². The quantitative estimate of drug-likeness (QED) is 0.871. The van der Waals surface area contributed by atoms with E-state index in [2.05, 4.69) is 53.8 Å². The van der Waals surface area contributed by atoms with Crippen LogP contribution in [0.25, 0.3) is 0 Å². The molecule has 0 saturated heterocycles. The van der Waals surface area contributed by atoms with E-state index < -0.39 is 0 Å². The van der Waals surface area contributed by atoms with Crippen LogP contribution in [-0.4, -0.2) is 40.5 Å². The zero-order valence-corrected chi connectivity index (χ0v) is 14.0. The first kappa shape index (κ1) is 16.2. The topological polar surface area (TPSA) is 37.3 Å². The van der Waals surface area contributed by atoms with E-state index in [-0.39, 0.29) is 5.91 Å². The van der Waals surface area contributed by atoms with Crippen LogP contribution in [0, 0.1) is 0 Å². The van der Waals surface area contributed by atoms with Crippen LogP contribution in [0.4, 0.5) is 0 Å². The van der Waals surface area contributed by atoms with Crippen LogP contribution >= 0.6 is 15.9 Å². The fourth-order valence-corrected chi connectivity index (χ4v) is 2.78. The summed E-state index contributed by atoms with van der Waals surface area (Å²) >= 11 is 3.37. The lowest BCUT2D eigenvalue weighted by molar-refractivity contribution is 0.0931. The van der Waals surface area contributed by atoms with E-state index in [1.54, 1.807) is 0 Å². The minimum Gasteiger partial charge on any atom is -0.349 e. The first-order chi connectivity index (χ1) is 8.82. The summed E-state index contributed by atoms with van der Waals surface area (Å²) < 4.78 is 2.74. The Kier molecular flexibility index (Phi) is 6.07. The largest absolute Gasteiger partial charge is 0.349 e. The van der Waals surface area contributed by atoms with Crippen LogP contribution in [0.2, 0.25) is 0 Å². The molecule has 0 radical (unpaired) electrons. The van der Waals surface area contributed by atoms with Crippen LogP contribution in [0.3, 0.4) is 0 Å². The smallest absolute Gasteiger partial charge is 0.267 e. The van der Waals surface area contributed by atoms with E-state index in [4.69, 9.17) is 0 Å². The van der Waals surface area contributed by atoms with Gasteiger partial charge in [0.05, 0.1) is 0 Å².